The number of rotatable bonds is 5. The molecule has 0 radical (unpaired) electrons. The molecular formula is C20H20F4N2O2. The predicted octanol–water partition coefficient (Wildman–Crippen LogP) is 4.58. The van der Waals surface area contributed by atoms with E-state index < -0.39 is 6.36 Å². The quantitative estimate of drug-likeness (QED) is 0.753. The molecule has 1 aliphatic rings. The number of amides is 1. The van der Waals surface area contributed by atoms with Crippen LogP contribution in [0, 0.1) is 11.7 Å². The number of nitrogens with one attached hydrogen (secondary N) is 1. The van der Waals surface area contributed by atoms with E-state index in [1.165, 1.54) is 24.3 Å². The van der Waals surface area contributed by atoms with Crippen LogP contribution in [0.5, 0.6) is 5.75 Å². The molecule has 0 bridgehead atoms. The minimum atomic E-state index is -4.75. The standard InChI is InChI=1S/C20H20F4N2O2/c21-16-5-3-14(4-6-16)12-26-11-1-2-15(13-26)19(27)25-17-7-9-18(10-8-17)28-20(22,23)24/h3-10,15H,1-2,11-13H2,(H,25,27). The normalized spacial score (nSPS) is 17.9. The minimum Gasteiger partial charge on any atom is -0.406 e. The summed E-state index contributed by atoms with van der Waals surface area (Å²) >= 11 is 0. The molecule has 0 aromatic heterocycles. The molecule has 8 heteroatoms. The molecule has 1 aliphatic heterocycles. The van der Waals surface area contributed by atoms with Gasteiger partial charge in [-0.05, 0) is 61.3 Å². The Morgan fingerprint density at radius 2 is 1.79 bits per heavy atom. The highest BCUT2D eigenvalue weighted by atomic mass is 19.4. The van der Waals surface area contributed by atoms with Crippen molar-refractivity contribution in [3.63, 3.8) is 0 Å². The van der Waals surface area contributed by atoms with Crippen LogP contribution in [0.15, 0.2) is 48.5 Å². The highest BCUT2D eigenvalue weighted by molar-refractivity contribution is 5.92. The fourth-order valence-corrected chi connectivity index (χ4v) is 3.25. The fraction of sp³-hybridized carbons (Fsp3) is 0.350. The van der Waals surface area contributed by atoms with Crippen molar-refractivity contribution in [1.82, 2.24) is 4.90 Å². The van der Waals surface area contributed by atoms with Crippen molar-refractivity contribution in [2.24, 2.45) is 5.92 Å². The number of hydrogen-bond donors (Lipinski definition) is 1. The lowest BCUT2D eigenvalue weighted by Gasteiger charge is -2.32. The Kier molecular flexibility index (Phi) is 6.18. The summed E-state index contributed by atoms with van der Waals surface area (Å²) in [4.78, 5) is 14.7. The largest absolute Gasteiger partial charge is 0.573 e. The Morgan fingerprint density at radius 3 is 2.43 bits per heavy atom. The number of halogens is 4. The molecule has 1 fully saturated rings. The van der Waals surface area contributed by atoms with Crippen molar-refractivity contribution < 1.29 is 27.1 Å². The number of hydrogen-bond acceptors (Lipinski definition) is 3. The summed E-state index contributed by atoms with van der Waals surface area (Å²) < 4.78 is 53.4. The van der Waals surface area contributed by atoms with Gasteiger partial charge in [-0.1, -0.05) is 12.1 Å². The lowest BCUT2D eigenvalue weighted by molar-refractivity contribution is -0.274. The zero-order valence-electron chi connectivity index (χ0n) is 15.0. The smallest absolute Gasteiger partial charge is 0.406 e. The maximum absolute atomic E-state index is 13.0. The van der Waals surface area contributed by atoms with Gasteiger partial charge in [-0.2, -0.15) is 0 Å². The fourth-order valence-electron chi connectivity index (χ4n) is 3.25. The van der Waals surface area contributed by atoms with Crippen molar-refractivity contribution in [3.05, 3.63) is 59.9 Å². The summed E-state index contributed by atoms with van der Waals surface area (Å²) in [5.41, 5.74) is 1.39. The van der Waals surface area contributed by atoms with E-state index in [1.54, 1.807) is 12.1 Å². The van der Waals surface area contributed by atoms with Gasteiger partial charge < -0.3 is 10.1 Å². The molecule has 1 saturated heterocycles. The van der Waals surface area contributed by atoms with Crippen LogP contribution in [0.4, 0.5) is 23.2 Å². The second-order valence-electron chi connectivity index (χ2n) is 6.76. The average molecular weight is 396 g/mol. The lowest BCUT2D eigenvalue weighted by atomic mass is 9.96. The van der Waals surface area contributed by atoms with E-state index in [0.717, 1.165) is 37.1 Å². The van der Waals surface area contributed by atoms with Gasteiger partial charge in [0.25, 0.3) is 0 Å². The molecule has 4 nitrogen and oxygen atoms in total. The second-order valence-corrected chi connectivity index (χ2v) is 6.76. The molecule has 150 valence electrons. The van der Waals surface area contributed by atoms with E-state index in [9.17, 15) is 22.4 Å². The number of likely N-dealkylation sites (tertiary alicyclic amines) is 1. The van der Waals surface area contributed by atoms with Crippen molar-refractivity contribution in [1.29, 1.82) is 0 Å². The van der Waals surface area contributed by atoms with E-state index in [1.807, 2.05) is 0 Å². The van der Waals surface area contributed by atoms with Gasteiger partial charge in [-0.25, -0.2) is 4.39 Å². The maximum atomic E-state index is 13.0. The molecule has 1 heterocycles. The molecule has 1 N–H and O–H groups in total. The van der Waals surface area contributed by atoms with E-state index in [4.69, 9.17) is 0 Å². The summed E-state index contributed by atoms with van der Waals surface area (Å²) in [7, 11) is 0. The van der Waals surface area contributed by atoms with Crippen LogP contribution < -0.4 is 10.1 Å². The van der Waals surface area contributed by atoms with Crippen LogP contribution >= 0.6 is 0 Å². The first-order valence-corrected chi connectivity index (χ1v) is 8.92. The van der Waals surface area contributed by atoms with E-state index in [0.29, 0.717) is 18.8 Å². The van der Waals surface area contributed by atoms with Gasteiger partial charge in [-0.3, -0.25) is 9.69 Å². The number of carbonyl (C=O) groups is 1. The molecule has 2 aromatic carbocycles. The first kappa shape index (κ1) is 20.1. The third-order valence-electron chi connectivity index (χ3n) is 4.55. The zero-order valence-corrected chi connectivity index (χ0v) is 15.0. The van der Waals surface area contributed by atoms with Gasteiger partial charge >= 0.3 is 6.36 Å². The molecule has 0 aliphatic carbocycles. The molecule has 1 atom stereocenters. The molecule has 3 rings (SSSR count). The topological polar surface area (TPSA) is 41.6 Å². The lowest BCUT2D eigenvalue weighted by Crippen LogP contribution is -2.40. The molecular weight excluding hydrogens is 376 g/mol. The number of anilines is 1. The summed E-state index contributed by atoms with van der Waals surface area (Å²) in [6.07, 6.45) is -3.15. The summed E-state index contributed by atoms with van der Waals surface area (Å²) in [6.45, 7) is 2.05. The minimum absolute atomic E-state index is 0.173. The molecule has 1 amide bonds. The van der Waals surface area contributed by atoms with Gasteiger partial charge in [0.15, 0.2) is 0 Å². The average Bonchev–Trinajstić information content (AvgIpc) is 2.64. The Hall–Kier alpha value is -2.61. The molecule has 1 unspecified atom stereocenters. The Morgan fingerprint density at radius 1 is 1.11 bits per heavy atom. The number of ether oxygens (including phenoxy) is 1. The first-order chi connectivity index (χ1) is 13.3. The second kappa shape index (κ2) is 8.60. The molecule has 28 heavy (non-hydrogen) atoms. The third-order valence-corrected chi connectivity index (χ3v) is 4.55. The van der Waals surface area contributed by atoms with E-state index in [2.05, 4.69) is 15.0 Å². The van der Waals surface area contributed by atoms with Crippen molar-refractivity contribution >= 4 is 11.6 Å². The monoisotopic (exact) mass is 396 g/mol. The SMILES string of the molecule is O=C(Nc1ccc(OC(F)(F)F)cc1)C1CCCN(Cc2ccc(F)cc2)C1. The number of piperidine rings is 1. The van der Waals surface area contributed by atoms with Crippen molar-refractivity contribution in [3.8, 4) is 5.75 Å². The van der Waals surface area contributed by atoms with Crippen LogP contribution in [-0.4, -0.2) is 30.3 Å². The molecule has 0 saturated carbocycles. The van der Waals surface area contributed by atoms with Crippen molar-refractivity contribution in [2.45, 2.75) is 25.7 Å². The van der Waals surface area contributed by atoms with Gasteiger partial charge in [0.2, 0.25) is 5.91 Å². The van der Waals surface area contributed by atoms with Crippen LogP contribution in [0.3, 0.4) is 0 Å². The number of nitrogens with zero attached hydrogens (tertiary/aromatic N) is 1. The van der Waals surface area contributed by atoms with Crippen LogP contribution in [-0.2, 0) is 11.3 Å². The summed E-state index contributed by atoms with van der Waals surface area (Å²) in [5, 5.41) is 2.74. The Balaban J connectivity index is 1.54. The summed E-state index contributed by atoms with van der Waals surface area (Å²) in [6, 6.07) is 11.3. The molecule has 2 aromatic rings. The predicted molar refractivity (Wildman–Crippen MR) is 96.2 cm³/mol. The van der Waals surface area contributed by atoms with Gasteiger partial charge in [0.1, 0.15) is 11.6 Å². The van der Waals surface area contributed by atoms with E-state index >= 15 is 0 Å². The van der Waals surface area contributed by atoms with Crippen molar-refractivity contribution in [2.75, 3.05) is 18.4 Å². The maximum Gasteiger partial charge on any atom is 0.573 e. The van der Waals surface area contributed by atoms with Gasteiger partial charge in [0.05, 0.1) is 5.92 Å². The van der Waals surface area contributed by atoms with Gasteiger partial charge in [-0.15, -0.1) is 13.2 Å². The Bertz CT molecular complexity index is 791. The van der Waals surface area contributed by atoms with Crippen LogP contribution in [0.2, 0.25) is 0 Å². The van der Waals surface area contributed by atoms with E-state index in [-0.39, 0.29) is 23.4 Å². The summed E-state index contributed by atoms with van der Waals surface area (Å²) in [5.74, 6) is -1.02. The van der Waals surface area contributed by atoms with Crippen LogP contribution in [0.1, 0.15) is 18.4 Å². The molecule has 0 spiro atoms. The highest BCUT2D eigenvalue weighted by Gasteiger charge is 2.31. The number of alkyl halides is 3. The Labute approximate surface area is 160 Å². The number of carbonyl (C=O) groups excluding carboxylic acids is 1. The highest BCUT2D eigenvalue weighted by Crippen LogP contribution is 2.25. The first-order valence-electron chi connectivity index (χ1n) is 8.92. The third kappa shape index (κ3) is 5.95. The number of benzene rings is 2. The van der Waals surface area contributed by atoms with Gasteiger partial charge in [0, 0.05) is 18.8 Å². The van der Waals surface area contributed by atoms with Crippen LogP contribution in [0.25, 0.3) is 0 Å². The zero-order chi connectivity index (χ0) is 20.1.